The normalized spacial score (nSPS) is 40.3. The van der Waals surface area contributed by atoms with Crippen LogP contribution in [0, 0.1) is 34.5 Å². The maximum atomic E-state index is 12.1. The van der Waals surface area contributed by atoms with Crippen LogP contribution in [0.2, 0.25) is 0 Å². The number of Topliss-reactive ketones (excluding diaryl/α,β-unsaturated/α-hetero) is 1. The first-order valence-electron chi connectivity index (χ1n) is 13.5. The Hall–Kier alpha value is -0.530. The van der Waals surface area contributed by atoms with Crippen molar-refractivity contribution in [1.29, 1.82) is 0 Å². The van der Waals surface area contributed by atoms with E-state index in [-0.39, 0.29) is 6.61 Å². The molecule has 33 heavy (non-hydrogen) atoms. The molecule has 4 rings (SSSR count). The molecule has 0 unspecified atom stereocenters. The number of fused-ring (bicyclic) bond motifs is 5. The van der Waals surface area contributed by atoms with Gasteiger partial charge in [0.15, 0.2) is 0 Å². The Morgan fingerprint density at radius 3 is 2.18 bits per heavy atom. The van der Waals surface area contributed by atoms with Gasteiger partial charge >= 0.3 is 0 Å². The minimum Gasteiger partial charge on any atom is -0.394 e. The van der Waals surface area contributed by atoms with Gasteiger partial charge in [-0.2, -0.15) is 0 Å². The van der Waals surface area contributed by atoms with Crippen LogP contribution < -0.4 is 0 Å². The van der Waals surface area contributed by atoms with E-state index in [4.69, 9.17) is 24.1 Å². The molecular formula is C27H46O6. The predicted octanol–water partition coefficient (Wildman–Crippen LogP) is 4.03. The van der Waals surface area contributed by atoms with Gasteiger partial charge in [-0.05, 0) is 79.4 Å². The van der Waals surface area contributed by atoms with Gasteiger partial charge in [0.1, 0.15) is 5.78 Å². The molecule has 0 saturated heterocycles. The van der Waals surface area contributed by atoms with E-state index in [1.165, 1.54) is 38.5 Å². The Labute approximate surface area is 200 Å². The Kier molecular flexibility index (Phi) is 8.88. The molecule has 6 nitrogen and oxygen atoms in total. The van der Waals surface area contributed by atoms with E-state index in [1.54, 1.807) is 0 Å². The van der Waals surface area contributed by atoms with Crippen LogP contribution in [0.25, 0.3) is 0 Å². The van der Waals surface area contributed by atoms with Crippen molar-refractivity contribution in [2.75, 3.05) is 52.9 Å². The largest absolute Gasteiger partial charge is 0.394 e. The van der Waals surface area contributed by atoms with Crippen molar-refractivity contribution >= 4 is 5.78 Å². The molecule has 0 amide bonds. The van der Waals surface area contributed by atoms with Crippen LogP contribution in [-0.4, -0.2) is 69.8 Å². The van der Waals surface area contributed by atoms with Crippen molar-refractivity contribution in [1.82, 2.24) is 0 Å². The zero-order valence-corrected chi connectivity index (χ0v) is 20.9. The lowest BCUT2D eigenvalue weighted by Crippen LogP contribution is -2.54. The fourth-order valence-electron chi connectivity index (χ4n) is 8.13. The van der Waals surface area contributed by atoms with Crippen molar-refractivity contribution in [2.24, 2.45) is 34.5 Å². The van der Waals surface area contributed by atoms with Crippen molar-refractivity contribution in [3.63, 3.8) is 0 Å². The first kappa shape index (κ1) is 25.6. The average molecular weight is 467 g/mol. The summed E-state index contributed by atoms with van der Waals surface area (Å²) in [6.45, 7) is 8.86. The molecule has 0 aliphatic heterocycles. The Balaban J connectivity index is 1.18. The second-order valence-corrected chi connectivity index (χ2v) is 11.4. The predicted molar refractivity (Wildman–Crippen MR) is 126 cm³/mol. The maximum Gasteiger partial charge on any atom is 0.133 e. The minimum atomic E-state index is 0.0488. The van der Waals surface area contributed by atoms with E-state index >= 15 is 0 Å². The first-order valence-corrected chi connectivity index (χ1v) is 13.5. The highest BCUT2D eigenvalue weighted by Crippen LogP contribution is 2.66. The fraction of sp³-hybridized carbons (Fsp3) is 0.963. The summed E-state index contributed by atoms with van der Waals surface area (Å²) in [4.78, 5) is 12.1. The monoisotopic (exact) mass is 466 g/mol. The lowest BCUT2D eigenvalue weighted by atomic mass is 9.45. The maximum absolute atomic E-state index is 12.1. The smallest absolute Gasteiger partial charge is 0.133 e. The number of carbonyl (C=O) groups excluding carboxylic acids is 1. The molecule has 0 aromatic heterocycles. The number of aliphatic hydroxyl groups excluding tert-OH is 1. The lowest BCUT2D eigenvalue weighted by Gasteiger charge is -2.60. The molecular weight excluding hydrogens is 420 g/mol. The quantitative estimate of drug-likeness (QED) is 0.438. The summed E-state index contributed by atoms with van der Waals surface area (Å²) in [6.07, 6.45) is 10.8. The van der Waals surface area contributed by atoms with Gasteiger partial charge in [0.25, 0.3) is 0 Å². The molecule has 6 heteroatoms. The third kappa shape index (κ3) is 5.50. The molecule has 0 aromatic carbocycles. The number of ether oxygens (including phenoxy) is 4. The summed E-state index contributed by atoms with van der Waals surface area (Å²) in [5.41, 5.74) is 0.685. The number of hydrogen-bond donors (Lipinski definition) is 1. The van der Waals surface area contributed by atoms with Gasteiger partial charge in [-0.3, -0.25) is 4.79 Å². The molecule has 4 aliphatic carbocycles. The summed E-state index contributed by atoms with van der Waals surface area (Å²) in [5.74, 6) is 3.54. The van der Waals surface area contributed by atoms with Crippen LogP contribution in [0.15, 0.2) is 0 Å². The number of ketones is 1. The van der Waals surface area contributed by atoms with Crippen LogP contribution >= 0.6 is 0 Å². The Bertz CT molecular complexity index is 640. The molecule has 0 spiro atoms. The van der Waals surface area contributed by atoms with E-state index in [0.717, 1.165) is 37.0 Å². The molecule has 4 saturated carbocycles. The molecule has 7 atom stereocenters. The van der Waals surface area contributed by atoms with Crippen molar-refractivity contribution in [2.45, 2.75) is 77.7 Å². The third-order valence-corrected chi connectivity index (χ3v) is 9.92. The highest BCUT2D eigenvalue weighted by atomic mass is 16.6. The molecule has 4 fully saturated rings. The minimum absolute atomic E-state index is 0.0488. The SMILES string of the molecule is C[C@]12CCC(=O)C[C@@H]1CC[C@@H]1[C@@H]2CC[C@]2(C)[C@@H](OCCOCCOCCOCCO)CC[C@@H]12. The topological polar surface area (TPSA) is 74.2 Å². The van der Waals surface area contributed by atoms with Crippen LogP contribution in [-0.2, 0) is 23.7 Å². The number of rotatable bonds is 12. The Morgan fingerprint density at radius 1 is 0.788 bits per heavy atom. The van der Waals surface area contributed by atoms with Gasteiger partial charge in [-0.15, -0.1) is 0 Å². The van der Waals surface area contributed by atoms with Gasteiger partial charge in [0.05, 0.1) is 59.0 Å². The molecule has 0 aromatic rings. The van der Waals surface area contributed by atoms with Gasteiger partial charge in [-0.25, -0.2) is 0 Å². The standard InChI is InChI=1S/C27H46O6/c1-26-9-7-21(29)19-20(26)3-4-22-23-5-6-25(27(23,2)10-8-24(22)26)33-18-17-32-16-15-31-14-13-30-12-11-28/h20,22-25,28H,3-19H2,1-2H3/t20-,22-,23-,24-,25-,26-,27-/m0/s1. The van der Waals surface area contributed by atoms with Gasteiger partial charge < -0.3 is 24.1 Å². The number of hydrogen-bond acceptors (Lipinski definition) is 6. The zero-order valence-electron chi connectivity index (χ0n) is 20.9. The van der Waals surface area contributed by atoms with Gasteiger partial charge in [0.2, 0.25) is 0 Å². The van der Waals surface area contributed by atoms with Crippen LogP contribution in [0.5, 0.6) is 0 Å². The Morgan fingerprint density at radius 2 is 1.45 bits per heavy atom. The summed E-state index contributed by atoms with van der Waals surface area (Å²) >= 11 is 0. The van der Waals surface area contributed by atoms with Crippen LogP contribution in [0.1, 0.15) is 71.6 Å². The number of aliphatic hydroxyl groups is 1. The van der Waals surface area contributed by atoms with Gasteiger partial charge in [0, 0.05) is 12.8 Å². The third-order valence-electron chi connectivity index (χ3n) is 9.92. The first-order chi connectivity index (χ1) is 16.0. The summed E-state index contributed by atoms with van der Waals surface area (Å²) in [5, 5.41) is 8.65. The van der Waals surface area contributed by atoms with E-state index in [9.17, 15) is 4.79 Å². The molecule has 0 bridgehead atoms. The molecule has 0 radical (unpaired) electrons. The summed E-state index contributed by atoms with van der Waals surface area (Å²) in [6, 6.07) is 0. The fourth-order valence-corrected chi connectivity index (χ4v) is 8.13. The number of carbonyl (C=O) groups is 1. The summed E-state index contributed by atoms with van der Waals surface area (Å²) in [7, 11) is 0. The van der Waals surface area contributed by atoms with Crippen LogP contribution in [0.4, 0.5) is 0 Å². The van der Waals surface area contributed by atoms with Crippen molar-refractivity contribution < 1.29 is 28.8 Å². The van der Waals surface area contributed by atoms with Crippen molar-refractivity contribution in [3.05, 3.63) is 0 Å². The van der Waals surface area contributed by atoms with Gasteiger partial charge in [-0.1, -0.05) is 13.8 Å². The van der Waals surface area contributed by atoms with E-state index in [2.05, 4.69) is 13.8 Å². The second-order valence-electron chi connectivity index (χ2n) is 11.4. The molecule has 0 heterocycles. The van der Waals surface area contributed by atoms with Crippen molar-refractivity contribution in [3.8, 4) is 0 Å². The van der Waals surface area contributed by atoms with E-state index in [1.807, 2.05) is 0 Å². The molecule has 1 N–H and O–H groups in total. The molecule has 4 aliphatic rings. The van der Waals surface area contributed by atoms with Crippen LogP contribution in [0.3, 0.4) is 0 Å². The average Bonchev–Trinajstić information content (AvgIpc) is 3.14. The second kappa shape index (κ2) is 11.5. The lowest BCUT2D eigenvalue weighted by molar-refractivity contribution is -0.146. The summed E-state index contributed by atoms with van der Waals surface area (Å²) < 4.78 is 22.7. The van der Waals surface area contributed by atoms with E-state index in [0.29, 0.717) is 74.9 Å². The van der Waals surface area contributed by atoms with E-state index < -0.39 is 0 Å². The zero-order chi connectivity index (χ0) is 23.3. The molecule has 190 valence electrons. The highest BCUT2D eigenvalue weighted by Gasteiger charge is 2.60. The highest BCUT2D eigenvalue weighted by molar-refractivity contribution is 5.79.